The summed E-state index contributed by atoms with van der Waals surface area (Å²) in [6, 6.07) is 12.4. The molecular weight excluding hydrogens is 349 g/mol. The summed E-state index contributed by atoms with van der Waals surface area (Å²) in [4.78, 5) is 39.7. The first kappa shape index (κ1) is 18.3. The minimum Gasteiger partial charge on any atom is -0.322 e. The number of hydrogen-bond acceptors (Lipinski definition) is 3. The fraction of sp³-hybridized carbons (Fsp3) is 0.150. The first-order valence-electron chi connectivity index (χ1n) is 8.34. The maximum Gasteiger partial charge on any atom is 0.322 e. The van der Waals surface area contributed by atoms with E-state index in [1.54, 1.807) is 12.1 Å². The van der Waals surface area contributed by atoms with Crippen molar-refractivity contribution < 1.29 is 14.0 Å². The number of benzene rings is 2. The minimum absolute atomic E-state index is 0.00134. The number of anilines is 1. The quantitative estimate of drug-likeness (QED) is 0.680. The fourth-order valence-electron chi connectivity index (χ4n) is 2.76. The third-order valence-electron chi connectivity index (χ3n) is 4.14. The van der Waals surface area contributed by atoms with Gasteiger partial charge in [0.2, 0.25) is 0 Å². The second-order valence-corrected chi connectivity index (χ2v) is 6.17. The number of aryl methyl sites for hydroxylation is 1. The molecule has 0 aliphatic carbocycles. The Morgan fingerprint density at radius 2 is 2.00 bits per heavy atom. The van der Waals surface area contributed by atoms with E-state index in [2.05, 4.69) is 10.3 Å². The zero-order valence-corrected chi connectivity index (χ0v) is 14.7. The average Bonchev–Trinajstić information content (AvgIpc) is 2.64. The van der Waals surface area contributed by atoms with Gasteiger partial charge >= 0.3 is 6.03 Å². The monoisotopic (exact) mass is 367 g/mol. The van der Waals surface area contributed by atoms with Crippen molar-refractivity contribution in [2.24, 2.45) is 0 Å². The fourth-order valence-corrected chi connectivity index (χ4v) is 2.76. The Bertz CT molecular complexity index is 1060. The van der Waals surface area contributed by atoms with E-state index < -0.39 is 11.8 Å². The van der Waals surface area contributed by atoms with Crippen molar-refractivity contribution in [2.75, 3.05) is 11.9 Å². The molecule has 1 heterocycles. The molecule has 0 bridgehead atoms. The number of para-hydroxylation sites is 1. The van der Waals surface area contributed by atoms with E-state index in [4.69, 9.17) is 0 Å². The van der Waals surface area contributed by atoms with Gasteiger partial charge in [-0.2, -0.15) is 0 Å². The summed E-state index contributed by atoms with van der Waals surface area (Å²) in [5.74, 6) is -0.587. The van der Waals surface area contributed by atoms with Crippen molar-refractivity contribution in [2.45, 2.75) is 13.5 Å². The topological polar surface area (TPSA) is 82.3 Å². The summed E-state index contributed by atoms with van der Waals surface area (Å²) in [6.07, 6.45) is 0.556. The van der Waals surface area contributed by atoms with Crippen LogP contribution in [0.4, 0.5) is 14.9 Å². The van der Waals surface area contributed by atoms with Gasteiger partial charge < -0.3 is 20.0 Å². The van der Waals surface area contributed by atoms with Crippen LogP contribution in [-0.4, -0.2) is 28.7 Å². The van der Waals surface area contributed by atoms with Gasteiger partial charge in [-0.3, -0.25) is 4.79 Å². The smallest absolute Gasteiger partial charge is 0.322 e. The van der Waals surface area contributed by atoms with Gasteiger partial charge in [0.15, 0.2) is 0 Å². The number of aromatic nitrogens is 1. The zero-order valence-electron chi connectivity index (χ0n) is 14.7. The van der Waals surface area contributed by atoms with E-state index in [0.29, 0.717) is 17.4 Å². The van der Waals surface area contributed by atoms with E-state index in [1.165, 1.54) is 18.2 Å². The van der Waals surface area contributed by atoms with Crippen LogP contribution in [-0.2, 0) is 11.3 Å². The van der Waals surface area contributed by atoms with Crippen molar-refractivity contribution in [3.8, 4) is 0 Å². The lowest BCUT2D eigenvalue weighted by atomic mass is 10.1. The molecule has 0 saturated heterocycles. The Labute approximate surface area is 154 Å². The third kappa shape index (κ3) is 4.20. The Morgan fingerprint density at radius 1 is 1.22 bits per heavy atom. The minimum atomic E-state index is -0.670. The summed E-state index contributed by atoms with van der Waals surface area (Å²) in [6.45, 7) is 1.62. The predicted octanol–water partition coefficient (Wildman–Crippen LogP) is 3.21. The van der Waals surface area contributed by atoms with Gasteiger partial charge in [-0.05, 0) is 42.6 Å². The highest BCUT2D eigenvalue weighted by Gasteiger charge is 2.17. The lowest BCUT2D eigenvalue weighted by molar-refractivity contribution is -0.108. The van der Waals surface area contributed by atoms with E-state index in [-0.39, 0.29) is 24.3 Å². The molecule has 6 nitrogen and oxygen atoms in total. The highest BCUT2D eigenvalue weighted by atomic mass is 19.1. The van der Waals surface area contributed by atoms with Crippen molar-refractivity contribution >= 4 is 28.9 Å². The Balaban J connectivity index is 1.87. The molecule has 27 heavy (non-hydrogen) atoms. The van der Waals surface area contributed by atoms with E-state index in [9.17, 15) is 18.8 Å². The number of aromatic amines is 1. The SMILES string of the molecule is Cc1ccc2[nH]c(=O)c(CN(CC=O)C(=O)Nc3ccccc3F)cc2c1. The number of nitrogens with one attached hydrogen (secondary N) is 2. The molecule has 0 saturated carbocycles. The largest absolute Gasteiger partial charge is 0.322 e. The van der Waals surface area contributed by atoms with Crippen molar-refractivity contribution in [3.05, 3.63) is 75.8 Å². The van der Waals surface area contributed by atoms with Gasteiger partial charge in [0.05, 0.1) is 18.8 Å². The van der Waals surface area contributed by atoms with Crippen LogP contribution in [0.3, 0.4) is 0 Å². The van der Waals surface area contributed by atoms with Crippen LogP contribution in [0.1, 0.15) is 11.1 Å². The van der Waals surface area contributed by atoms with Crippen LogP contribution in [0, 0.1) is 12.7 Å². The zero-order chi connectivity index (χ0) is 19.4. The molecular formula is C20H18FN3O3. The van der Waals surface area contributed by atoms with Crippen LogP contribution in [0.5, 0.6) is 0 Å². The molecule has 7 heteroatoms. The van der Waals surface area contributed by atoms with Crippen LogP contribution >= 0.6 is 0 Å². The van der Waals surface area contributed by atoms with Gasteiger partial charge in [-0.15, -0.1) is 0 Å². The third-order valence-corrected chi connectivity index (χ3v) is 4.14. The van der Waals surface area contributed by atoms with Gasteiger partial charge in [0, 0.05) is 11.1 Å². The number of amides is 2. The molecule has 0 aliphatic heterocycles. The van der Waals surface area contributed by atoms with E-state index in [0.717, 1.165) is 15.8 Å². The lowest BCUT2D eigenvalue weighted by Gasteiger charge is -2.21. The predicted molar refractivity (Wildman–Crippen MR) is 101 cm³/mol. The summed E-state index contributed by atoms with van der Waals surface area (Å²) < 4.78 is 13.7. The average molecular weight is 367 g/mol. The van der Waals surface area contributed by atoms with Crippen LogP contribution in [0.15, 0.2) is 53.3 Å². The van der Waals surface area contributed by atoms with Crippen LogP contribution in [0.25, 0.3) is 10.9 Å². The molecule has 3 rings (SSSR count). The number of carbonyl (C=O) groups excluding carboxylic acids is 2. The standard InChI is InChI=1S/C20H18FN3O3/c1-13-6-7-17-14(10-13)11-15(19(26)22-17)12-24(8-9-25)20(27)23-18-5-3-2-4-16(18)21/h2-7,9-11H,8,12H2,1H3,(H,22,26)(H,23,27). The molecule has 0 radical (unpaired) electrons. The summed E-state index contributed by atoms with van der Waals surface area (Å²) >= 11 is 0. The number of rotatable bonds is 5. The summed E-state index contributed by atoms with van der Waals surface area (Å²) in [5, 5.41) is 3.25. The molecule has 0 aliphatic rings. The first-order chi connectivity index (χ1) is 13.0. The van der Waals surface area contributed by atoms with Gasteiger partial charge in [0.1, 0.15) is 12.1 Å². The lowest BCUT2D eigenvalue weighted by Crippen LogP contribution is -2.37. The Kier molecular flexibility index (Phi) is 5.30. The number of pyridine rings is 1. The van der Waals surface area contributed by atoms with Gasteiger partial charge in [0.25, 0.3) is 5.56 Å². The molecule has 0 atom stereocenters. The van der Waals surface area contributed by atoms with Gasteiger partial charge in [-0.1, -0.05) is 23.8 Å². The Hall–Kier alpha value is -3.48. The molecule has 138 valence electrons. The molecule has 1 aromatic heterocycles. The molecule has 0 unspecified atom stereocenters. The summed E-state index contributed by atoms with van der Waals surface area (Å²) in [7, 11) is 0. The van der Waals surface area contributed by atoms with Crippen LogP contribution < -0.4 is 10.9 Å². The van der Waals surface area contributed by atoms with E-state index >= 15 is 0 Å². The number of nitrogens with zero attached hydrogens (tertiary/aromatic N) is 1. The highest BCUT2D eigenvalue weighted by molar-refractivity contribution is 5.90. The number of urea groups is 1. The highest BCUT2D eigenvalue weighted by Crippen LogP contribution is 2.16. The van der Waals surface area contributed by atoms with E-state index in [1.807, 2.05) is 25.1 Å². The number of hydrogen-bond donors (Lipinski definition) is 2. The molecule has 2 amide bonds. The second-order valence-electron chi connectivity index (χ2n) is 6.17. The number of carbonyl (C=O) groups is 2. The maximum atomic E-state index is 13.7. The Morgan fingerprint density at radius 3 is 2.74 bits per heavy atom. The molecule has 2 aromatic carbocycles. The maximum absolute atomic E-state index is 13.7. The molecule has 2 N–H and O–H groups in total. The normalized spacial score (nSPS) is 10.6. The van der Waals surface area contributed by atoms with Crippen molar-refractivity contribution in [1.82, 2.24) is 9.88 Å². The van der Waals surface area contributed by atoms with Crippen molar-refractivity contribution in [3.63, 3.8) is 0 Å². The number of H-pyrrole nitrogens is 1. The molecule has 0 spiro atoms. The van der Waals surface area contributed by atoms with Crippen LogP contribution in [0.2, 0.25) is 0 Å². The first-order valence-corrected chi connectivity index (χ1v) is 8.34. The number of aldehydes is 1. The van der Waals surface area contributed by atoms with Gasteiger partial charge in [-0.25, -0.2) is 9.18 Å². The number of fused-ring (bicyclic) bond motifs is 1. The number of halogens is 1. The second kappa shape index (κ2) is 7.82. The molecule has 0 fully saturated rings. The van der Waals surface area contributed by atoms with Crippen molar-refractivity contribution in [1.29, 1.82) is 0 Å². The molecule has 3 aromatic rings. The summed E-state index contributed by atoms with van der Waals surface area (Å²) in [5.41, 5.74) is 1.70.